The monoisotopic (exact) mass is 303 g/mol. The zero-order chi connectivity index (χ0) is 15.4. The van der Waals surface area contributed by atoms with Crippen molar-refractivity contribution in [2.75, 3.05) is 20.1 Å². The summed E-state index contributed by atoms with van der Waals surface area (Å²) in [4.78, 5) is 2.41. The van der Waals surface area contributed by atoms with E-state index in [1.807, 2.05) is 0 Å². The summed E-state index contributed by atoms with van der Waals surface area (Å²) in [5.41, 5.74) is 0. The molecule has 1 aliphatic heterocycles. The van der Waals surface area contributed by atoms with E-state index < -0.39 is 0 Å². The highest BCUT2D eigenvalue weighted by molar-refractivity contribution is 5.31. The zero-order valence-electron chi connectivity index (χ0n) is 14.0. The fourth-order valence-electron chi connectivity index (χ4n) is 3.69. The van der Waals surface area contributed by atoms with Gasteiger partial charge in [0.15, 0.2) is 0 Å². The van der Waals surface area contributed by atoms with Crippen molar-refractivity contribution in [3.8, 4) is 11.5 Å². The van der Waals surface area contributed by atoms with E-state index in [0.29, 0.717) is 18.1 Å². The number of hydrogen-bond donors (Lipinski definition) is 0. The van der Waals surface area contributed by atoms with Gasteiger partial charge in [0.25, 0.3) is 0 Å². The summed E-state index contributed by atoms with van der Waals surface area (Å²) in [5.74, 6) is 2.52. The summed E-state index contributed by atoms with van der Waals surface area (Å²) >= 11 is 0. The van der Waals surface area contributed by atoms with Crippen molar-refractivity contribution < 1.29 is 9.47 Å². The maximum atomic E-state index is 6.24. The van der Waals surface area contributed by atoms with Gasteiger partial charge in [-0.15, -0.1) is 0 Å². The third kappa shape index (κ3) is 4.16. The molecule has 2 aliphatic rings. The molecule has 0 spiro atoms. The SMILES string of the molecule is CC1CN(C)CCCC1Oc1ccc(OC2CCCC2)cc1. The smallest absolute Gasteiger partial charge is 0.120 e. The van der Waals surface area contributed by atoms with Gasteiger partial charge in [0.05, 0.1) is 6.10 Å². The third-order valence-corrected chi connectivity index (χ3v) is 4.98. The normalized spacial score (nSPS) is 27.5. The molecule has 1 saturated carbocycles. The summed E-state index contributed by atoms with van der Waals surface area (Å²) in [5, 5.41) is 0. The van der Waals surface area contributed by atoms with Crippen LogP contribution in [0.25, 0.3) is 0 Å². The molecule has 2 unspecified atom stereocenters. The lowest BCUT2D eigenvalue weighted by Gasteiger charge is -2.24. The average Bonchev–Trinajstić information content (AvgIpc) is 2.95. The highest BCUT2D eigenvalue weighted by atomic mass is 16.5. The number of ether oxygens (including phenoxy) is 2. The topological polar surface area (TPSA) is 21.7 Å². The van der Waals surface area contributed by atoms with Gasteiger partial charge in [-0.3, -0.25) is 0 Å². The van der Waals surface area contributed by atoms with Crippen molar-refractivity contribution in [3.05, 3.63) is 24.3 Å². The third-order valence-electron chi connectivity index (χ3n) is 4.98. The minimum atomic E-state index is 0.326. The highest BCUT2D eigenvalue weighted by Gasteiger charge is 2.24. The average molecular weight is 303 g/mol. The fraction of sp³-hybridized carbons (Fsp3) is 0.684. The molecule has 0 radical (unpaired) electrons. The molecule has 3 heteroatoms. The molecule has 0 amide bonds. The molecule has 1 saturated heterocycles. The molecule has 1 heterocycles. The molecule has 0 N–H and O–H groups in total. The predicted octanol–water partition coefficient (Wildman–Crippen LogP) is 4.12. The molecule has 2 atom stereocenters. The van der Waals surface area contributed by atoms with Crippen LogP contribution < -0.4 is 9.47 Å². The molecule has 22 heavy (non-hydrogen) atoms. The largest absolute Gasteiger partial charge is 0.490 e. The number of nitrogens with zero attached hydrogens (tertiary/aromatic N) is 1. The van der Waals surface area contributed by atoms with Gasteiger partial charge in [-0.05, 0) is 76.4 Å². The first kappa shape index (κ1) is 15.7. The maximum Gasteiger partial charge on any atom is 0.120 e. The van der Waals surface area contributed by atoms with Crippen molar-refractivity contribution in [2.45, 2.75) is 57.7 Å². The van der Waals surface area contributed by atoms with Crippen LogP contribution in [0, 0.1) is 5.92 Å². The molecule has 122 valence electrons. The van der Waals surface area contributed by atoms with E-state index in [1.54, 1.807) is 0 Å². The molecule has 1 aromatic rings. The van der Waals surface area contributed by atoms with Crippen molar-refractivity contribution in [1.82, 2.24) is 4.90 Å². The van der Waals surface area contributed by atoms with Crippen LogP contribution in [-0.2, 0) is 0 Å². The molecule has 3 nitrogen and oxygen atoms in total. The minimum absolute atomic E-state index is 0.326. The number of hydrogen-bond acceptors (Lipinski definition) is 3. The number of rotatable bonds is 4. The summed E-state index contributed by atoms with van der Waals surface area (Å²) in [7, 11) is 2.20. The second kappa shape index (κ2) is 7.36. The van der Waals surface area contributed by atoms with Gasteiger partial charge in [-0.2, -0.15) is 0 Å². The first-order valence-electron chi connectivity index (χ1n) is 8.82. The van der Waals surface area contributed by atoms with Crippen LogP contribution in [0.4, 0.5) is 0 Å². The lowest BCUT2D eigenvalue weighted by atomic mass is 10.0. The Bertz CT molecular complexity index is 453. The van der Waals surface area contributed by atoms with Gasteiger partial charge >= 0.3 is 0 Å². The van der Waals surface area contributed by atoms with E-state index in [2.05, 4.69) is 43.1 Å². The van der Waals surface area contributed by atoms with Crippen LogP contribution in [0.1, 0.15) is 45.4 Å². The lowest BCUT2D eigenvalue weighted by molar-refractivity contribution is 0.131. The van der Waals surface area contributed by atoms with Crippen LogP contribution in [0.15, 0.2) is 24.3 Å². The molecule has 3 rings (SSSR count). The van der Waals surface area contributed by atoms with Crippen molar-refractivity contribution in [1.29, 1.82) is 0 Å². The molecule has 1 aromatic carbocycles. The van der Waals surface area contributed by atoms with E-state index in [0.717, 1.165) is 24.5 Å². The summed E-state index contributed by atoms with van der Waals surface area (Å²) in [6.07, 6.45) is 8.12. The second-order valence-electron chi connectivity index (χ2n) is 7.03. The molecular weight excluding hydrogens is 274 g/mol. The van der Waals surface area contributed by atoms with Crippen LogP contribution in [-0.4, -0.2) is 37.2 Å². The van der Waals surface area contributed by atoms with Crippen molar-refractivity contribution in [3.63, 3.8) is 0 Å². The van der Waals surface area contributed by atoms with Gasteiger partial charge in [0.2, 0.25) is 0 Å². The van der Waals surface area contributed by atoms with Gasteiger partial charge < -0.3 is 14.4 Å². The van der Waals surface area contributed by atoms with Gasteiger partial charge in [-0.1, -0.05) is 6.92 Å². The van der Waals surface area contributed by atoms with E-state index in [1.165, 1.54) is 38.6 Å². The van der Waals surface area contributed by atoms with E-state index >= 15 is 0 Å². The first-order chi connectivity index (χ1) is 10.7. The van der Waals surface area contributed by atoms with Crippen molar-refractivity contribution in [2.24, 2.45) is 5.92 Å². The Hall–Kier alpha value is -1.22. The molecule has 1 aliphatic carbocycles. The minimum Gasteiger partial charge on any atom is -0.490 e. The highest BCUT2D eigenvalue weighted by Crippen LogP contribution is 2.27. The van der Waals surface area contributed by atoms with Crippen molar-refractivity contribution >= 4 is 0 Å². The Labute approximate surface area is 134 Å². The van der Waals surface area contributed by atoms with Crippen LogP contribution in [0.2, 0.25) is 0 Å². The second-order valence-corrected chi connectivity index (χ2v) is 7.03. The van der Waals surface area contributed by atoms with E-state index in [9.17, 15) is 0 Å². The quantitative estimate of drug-likeness (QED) is 0.835. The summed E-state index contributed by atoms with van der Waals surface area (Å²) in [6.45, 7) is 4.59. The Morgan fingerprint density at radius 1 is 0.909 bits per heavy atom. The zero-order valence-corrected chi connectivity index (χ0v) is 14.0. The summed E-state index contributed by atoms with van der Waals surface area (Å²) < 4.78 is 12.3. The van der Waals surface area contributed by atoms with Gasteiger partial charge in [-0.25, -0.2) is 0 Å². The van der Waals surface area contributed by atoms with Crippen LogP contribution >= 0.6 is 0 Å². The van der Waals surface area contributed by atoms with Crippen LogP contribution in [0.5, 0.6) is 11.5 Å². The Kier molecular flexibility index (Phi) is 5.24. The molecule has 0 bridgehead atoms. The maximum absolute atomic E-state index is 6.24. The predicted molar refractivity (Wildman–Crippen MR) is 89.6 cm³/mol. The van der Waals surface area contributed by atoms with E-state index in [4.69, 9.17) is 9.47 Å². The van der Waals surface area contributed by atoms with Crippen LogP contribution in [0.3, 0.4) is 0 Å². The number of benzene rings is 1. The Morgan fingerprint density at radius 2 is 1.55 bits per heavy atom. The van der Waals surface area contributed by atoms with E-state index in [-0.39, 0.29) is 0 Å². The van der Waals surface area contributed by atoms with Gasteiger partial charge in [0.1, 0.15) is 17.6 Å². The standard InChI is InChI=1S/C19H29NO2/c1-15-14-20(2)13-5-8-19(15)22-18-11-9-17(10-12-18)21-16-6-3-4-7-16/h9-12,15-16,19H,3-8,13-14H2,1-2H3. The Balaban J connectivity index is 1.55. The first-order valence-corrected chi connectivity index (χ1v) is 8.82. The Morgan fingerprint density at radius 3 is 2.23 bits per heavy atom. The molecular formula is C19H29NO2. The molecule has 0 aromatic heterocycles. The summed E-state index contributed by atoms with van der Waals surface area (Å²) in [6, 6.07) is 8.24. The number of likely N-dealkylation sites (tertiary alicyclic amines) is 1. The van der Waals surface area contributed by atoms with Gasteiger partial charge in [0, 0.05) is 12.5 Å². The molecule has 2 fully saturated rings. The fourth-order valence-corrected chi connectivity index (χ4v) is 3.69. The lowest BCUT2D eigenvalue weighted by Crippen LogP contribution is -2.30.